The summed E-state index contributed by atoms with van der Waals surface area (Å²) in [6, 6.07) is 11.1. The Kier molecular flexibility index (Phi) is 5.90. The Bertz CT molecular complexity index is 751. The van der Waals surface area contributed by atoms with Crippen LogP contribution < -0.4 is 0 Å². The summed E-state index contributed by atoms with van der Waals surface area (Å²) in [5, 5.41) is 2.52. The van der Waals surface area contributed by atoms with Crippen molar-refractivity contribution in [3.8, 4) is 0 Å². The Morgan fingerprint density at radius 1 is 0.727 bits per heavy atom. The fourth-order valence-corrected chi connectivity index (χ4v) is 4.50. The molecule has 2 aromatic rings. The third kappa shape index (κ3) is 4.73. The highest BCUT2D eigenvalue weighted by Crippen LogP contribution is 2.39. The van der Waals surface area contributed by atoms with Gasteiger partial charge in [-0.3, -0.25) is 0 Å². The maximum absolute atomic E-state index is 4.03. The first-order valence-corrected chi connectivity index (χ1v) is 9.38. The van der Waals surface area contributed by atoms with Gasteiger partial charge in [0.2, 0.25) is 0 Å². The molecule has 0 bridgehead atoms. The zero-order valence-corrected chi connectivity index (χ0v) is 15.7. The molecule has 22 heavy (non-hydrogen) atoms. The quantitative estimate of drug-likeness (QED) is 0.492. The average Bonchev–Trinajstić information content (AvgIpc) is 2.35. The summed E-state index contributed by atoms with van der Waals surface area (Å²) < 4.78 is 0. The van der Waals surface area contributed by atoms with Crippen LogP contribution in [0.5, 0.6) is 0 Å². The molecule has 3 heteroatoms. The standard InChI is InChI=1S/C19H20S3/c1-12(2)20-16-7-8-18-15(9-16)10-17(21-13(3)4)11-19(18)22-14(5)6/h7-11H,1,3,5H2,2,4,6H3. The largest absolute Gasteiger partial charge is 0.0955 e. The minimum absolute atomic E-state index is 1.10. The second-order valence-corrected chi connectivity index (χ2v) is 9.30. The third-order valence-electron chi connectivity index (χ3n) is 2.73. The van der Waals surface area contributed by atoms with Gasteiger partial charge in [0.25, 0.3) is 0 Å². The van der Waals surface area contributed by atoms with Crippen LogP contribution in [0, 0.1) is 0 Å². The normalized spacial score (nSPS) is 10.7. The molecular formula is C19H20S3. The average molecular weight is 345 g/mol. The van der Waals surface area contributed by atoms with Gasteiger partial charge in [0, 0.05) is 14.7 Å². The lowest BCUT2D eigenvalue weighted by atomic mass is 10.1. The summed E-state index contributed by atoms with van der Waals surface area (Å²) in [6.45, 7) is 18.1. The molecule has 0 unspecified atom stereocenters. The van der Waals surface area contributed by atoms with Crippen LogP contribution in [0.4, 0.5) is 0 Å². The lowest BCUT2D eigenvalue weighted by Crippen LogP contribution is -1.83. The van der Waals surface area contributed by atoms with Crippen LogP contribution in [-0.4, -0.2) is 0 Å². The van der Waals surface area contributed by atoms with Crippen molar-refractivity contribution in [3.63, 3.8) is 0 Å². The Morgan fingerprint density at radius 3 is 1.86 bits per heavy atom. The van der Waals surface area contributed by atoms with Crippen molar-refractivity contribution in [2.24, 2.45) is 0 Å². The molecule has 0 atom stereocenters. The molecule has 0 radical (unpaired) electrons. The van der Waals surface area contributed by atoms with Crippen molar-refractivity contribution in [2.45, 2.75) is 35.5 Å². The topological polar surface area (TPSA) is 0 Å². The maximum Gasteiger partial charge on any atom is 0.0208 e. The molecule has 0 fully saturated rings. The van der Waals surface area contributed by atoms with E-state index in [9.17, 15) is 0 Å². The lowest BCUT2D eigenvalue weighted by molar-refractivity contribution is 1.37. The maximum atomic E-state index is 4.03. The van der Waals surface area contributed by atoms with E-state index in [0.717, 1.165) is 14.7 Å². The van der Waals surface area contributed by atoms with Gasteiger partial charge in [-0.2, -0.15) is 0 Å². The lowest BCUT2D eigenvalue weighted by Gasteiger charge is -2.11. The number of benzene rings is 2. The Morgan fingerprint density at radius 2 is 1.27 bits per heavy atom. The van der Waals surface area contributed by atoms with E-state index >= 15 is 0 Å². The highest BCUT2D eigenvalue weighted by molar-refractivity contribution is 8.04. The molecule has 0 amide bonds. The van der Waals surface area contributed by atoms with E-state index in [0.29, 0.717) is 0 Å². The SMILES string of the molecule is C=C(C)Sc1ccc2c(SC(=C)C)cc(SC(=C)C)cc2c1. The van der Waals surface area contributed by atoms with Gasteiger partial charge in [-0.05, 0) is 70.5 Å². The van der Waals surface area contributed by atoms with Gasteiger partial charge in [-0.15, -0.1) is 0 Å². The molecule has 0 saturated heterocycles. The molecule has 0 nitrogen and oxygen atoms in total. The molecule has 0 aliphatic heterocycles. The highest BCUT2D eigenvalue weighted by atomic mass is 32.2. The van der Waals surface area contributed by atoms with Crippen LogP contribution in [0.1, 0.15) is 20.8 Å². The molecule has 0 aliphatic carbocycles. The first-order valence-electron chi connectivity index (χ1n) is 6.93. The molecule has 0 aromatic heterocycles. The zero-order valence-electron chi connectivity index (χ0n) is 13.2. The van der Waals surface area contributed by atoms with E-state index in [2.05, 4.69) is 50.1 Å². The number of hydrogen-bond acceptors (Lipinski definition) is 3. The second kappa shape index (κ2) is 7.49. The van der Waals surface area contributed by atoms with Crippen molar-refractivity contribution in [1.29, 1.82) is 0 Å². The van der Waals surface area contributed by atoms with Gasteiger partial charge in [-0.1, -0.05) is 61.1 Å². The van der Waals surface area contributed by atoms with E-state index < -0.39 is 0 Å². The minimum Gasteiger partial charge on any atom is -0.0955 e. The smallest absolute Gasteiger partial charge is 0.0208 e. The minimum atomic E-state index is 1.10. The van der Waals surface area contributed by atoms with Crippen LogP contribution in [0.15, 0.2) is 79.5 Å². The van der Waals surface area contributed by atoms with Gasteiger partial charge < -0.3 is 0 Å². The number of allylic oxidation sites excluding steroid dienone is 3. The molecule has 0 spiro atoms. The van der Waals surface area contributed by atoms with Crippen molar-refractivity contribution in [1.82, 2.24) is 0 Å². The summed E-state index contributed by atoms with van der Waals surface area (Å²) in [7, 11) is 0. The van der Waals surface area contributed by atoms with Crippen molar-refractivity contribution in [2.75, 3.05) is 0 Å². The van der Waals surface area contributed by atoms with E-state index in [1.807, 2.05) is 20.8 Å². The monoisotopic (exact) mass is 344 g/mol. The molecule has 0 aliphatic rings. The predicted octanol–water partition coefficient (Wildman–Crippen LogP) is 7.72. The Labute approximate surface area is 146 Å². The van der Waals surface area contributed by atoms with Crippen molar-refractivity contribution < 1.29 is 0 Å². The van der Waals surface area contributed by atoms with Crippen LogP contribution >= 0.6 is 35.3 Å². The van der Waals surface area contributed by atoms with E-state index in [1.165, 1.54) is 25.5 Å². The molecular weight excluding hydrogens is 324 g/mol. The predicted molar refractivity (Wildman–Crippen MR) is 106 cm³/mol. The molecule has 2 aromatic carbocycles. The van der Waals surface area contributed by atoms with Gasteiger partial charge >= 0.3 is 0 Å². The molecule has 0 heterocycles. The fraction of sp³-hybridized carbons (Fsp3) is 0.158. The summed E-state index contributed by atoms with van der Waals surface area (Å²) >= 11 is 5.15. The van der Waals surface area contributed by atoms with E-state index in [-0.39, 0.29) is 0 Å². The van der Waals surface area contributed by atoms with Crippen molar-refractivity contribution in [3.05, 3.63) is 64.8 Å². The molecule has 2 rings (SSSR count). The number of thioether (sulfide) groups is 3. The first-order chi connectivity index (χ1) is 10.3. The van der Waals surface area contributed by atoms with E-state index in [4.69, 9.17) is 0 Å². The summed E-state index contributed by atoms with van der Waals surface area (Å²) in [4.78, 5) is 6.99. The van der Waals surface area contributed by atoms with Crippen LogP contribution in [0.3, 0.4) is 0 Å². The Balaban J connectivity index is 2.56. The van der Waals surface area contributed by atoms with Gasteiger partial charge in [0.15, 0.2) is 0 Å². The van der Waals surface area contributed by atoms with Gasteiger partial charge in [0.1, 0.15) is 0 Å². The highest BCUT2D eigenvalue weighted by Gasteiger charge is 2.08. The van der Waals surface area contributed by atoms with Crippen molar-refractivity contribution >= 4 is 46.1 Å². The summed E-state index contributed by atoms with van der Waals surface area (Å²) in [5.41, 5.74) is 0. The molecule has 0 saturated carbocycles. The van der Waals surface area contributed by atoms with Crippen LogP contribution in [-0.2, 0) is 0 Å². The summed E-state index contributed by atoms with van der Waals surface area (Å²) in [6.07, 6.45) is 0. The van der Waals surface area contributed by atoms with Gasteiger partial charge in [-0.25, -0.2) is 0 Å². The number of fused-ring (bicyclic) bond motifs is 1. The third-order valence-corrected chi connectivity index (χ3v) is 5.29. The number of hydrogen-bond donors (Lipinski definition) is 0. The first kappa shape index (κ1) is 17.3. The van der Waals surface area contributed by atoms with Gasteiger partial charge in [0.05, 0.1) is 0 Å². The number of rotatable bonds is 6. The Hall–Kier alpha value is -1.03. The fourth-order valence-electron chi connectivity index (χ4n) is 2.08. The molecule has 114 valence electrons. The van der Waals surface area contributed by atoms with Crippen LogP contribution in [0.2, 0.25) is 0 Å². The zero-order chi connectivity index (χ0) is 16.3. The summed E-state index contributed by atoms with van der Waals surface area (Å²) in [5.74, 6) is 0. The molecule has 0 N–H and O–H groups in total. The van der Waals surface area contributed by atoms with E-state index in [1.54, 1.807) is 35.3 Å². The van der Waals surface area contributed by atoms with Crippen LogP contribution in [0.25, 0.3) is 10.8 Å². The second-order valence-electron chi connectivity index (χ2n) is 5.22.